The van der Waals surface area contributed by atoms with Crippen molar-refractivity contribution in [1.29, 1.82) is 0 Å². The Morgan fingerprint density at radius 3 is 2.12 bits per heavy atom. The predicted octanol–water partition coefficient (Wildman–Crippen LogP) is 3.59. The minimum atomic E-state index is 0.190. The second-order valence-corrected chi connectivity index (χ2v) is 6.41. The third-order valence-corrected chi connectivity index (χ3v) is 3.87. The van der Waals surface area contributed by atoms with Crippen LogP contribution < -0.4 is 0 Å². The van der Waals surface area contributed by atoms with Crippen LogP contribution in [0.15, 0.2) is 0 Å². The number of Topliss-reactive ketones (excluding diaryl/α,β-unsaturated/α-hetero) is 1. The molecule has 0 unspecified atom stereocenters. The van der Waals surface area contributed by atoms with Crippen LogP contribution in [0, 0.1) is 10.8 Å². The van der Waals surface area contributed by atoms with Gasteiger partial charge in [0.2, 0.25) is 0 Å². The number of ketones is 1. The van der Waals surface area contributed by atoms with Crippen LogP contribution in [0.2, 0.25) is 0 Å². The molecule has 1 aliphatic rings. The van der Waals surface area contributed by atoms with Gasteiger partial charge in [-0.05, 0) is 23.7 Å². The molecule has 0 atom stereocenters. The summed E-state index contributed by atoms with van der Waals surface area (Å²) in [5.74, 6) is 0.206. The maximum atomic E-state index is 11.4. The molecule has 0 aromatic carbocycles. The monoisotopic (exact) mass is 226 g/mol. The van der Waals surface area contributed by atoms with Crippen LogP contribution in [0.4, 0.5) is 0 Å². The molecular weight excluding hydrogens is 200 g/mol. The average molecular weight is 226 g/mol. The molecule has 1 fully saturated rings. The molecule has 0 aromatic rings. The van der Waals surface area contributed by atoms with Crippen LogP contribution >= 0.6 is 0 Å². The van der Waals surface area contributed by atoms with Crippen molar-refractivity contribution in [1.82, 2.24) is 0 Å². The number of hydrogen-bond acceptors (Lipinski definition) is 2. The quantitative estimate of drug-likeness (QED) is 0.732. The van der Waals surface area contributed by atoms with E-state index in [4.69, 9.17) is 4.74 Å². The first-order chi connectivity index (χ1) is 7.29. The van der Waals surface area contributed by atoms with E-state index in [0.29, 0.717) is 6.42 Å². The van der Waals surface area contributed by atoms with Crippen molar-refractivity contribution < 1.29 is 9.53 Å². The first kappa shape index (κ1) is 13.7. The standard InChI is InChI=1S/C14H26O2/c1-6-11(15)10-16-12-13(2,3)8-7-9-14(12,4)5/h12H,6-10H2,1-5H3. The van der Waals surface area contributed by atoms with Gasteiger partial charge in [-0.2, -0.15) is 0 Å². The van der Waals surface area contributed by atoms with Crippen molar-refractivity contribution in [2.45, 2.75) is 66.4 Å². The highest BCUT2D eigenvalue weighted by molar-refractivity contribution is 5.79. The fourth-order valence-corrected chi connectivity index (χ4v) is 3.05. The van der Waals surface area contributed by atoms with Gasteiger partial charge >= 0.3 is 0 Å². The van der Waals surface area contributed by atoms with E-state index in [1.54, 1.807) is 0 Å². The molecule has 0 saturated heterocycles. The molecule has 0 amide bonds. The van der Waals surface area contributed by atoms with E-state index < -0.39 is 0 Å². The Kier molecular flexibility index (Phi) is 4.17. The predicted molar refractivity (Wildman–Crippen MR) is 66.5 cm³/mol. The Bertz CT molecular complexity index is 237. The van der Waals surface area contributed by atoms with Crippen molar-refractivity contribution in [2.75, 3.05) is 6.61 Å². The van der Waals surface area contributed by atoms with Gasteiger partial charge in [-0.1, -0.05) is 41.0 Å². The first-order valence-electron chi connectivity index (χ1n) is 6.43. The van der Waals surface area contributed by atoms with Crippen molar-refractivity contribution in [3.8, 4) is 0 Å². The van der Waals surface area contributed by atoms with Crippen molar-refractivity contribution >= 4 is 5.78 Å². The lowest BCUT2D eigenvalue weighted by Crippen LogP contribution is -2.47. The Labute approximate surface area is 99.8 Å². The molecule has 0 bridgehead atoms. The van der Waals surface area contributed by atoms with E-state index >= 15 is 0 Å². The van der Waals surface area contributed by atoms with Gasteiger partial charge in [-0.15, -0.1) is 0 Å². The number of carbonyl (C=O) groups is 1. The Morgan fingerprint density at radius 2 is 1.69 bits per heavy atom. The zero-order valence-corrected chi connectivity index (χ0v) is 11.4. The zero-order valence-electron chi connectivity index (χ0n) is 11.4. The molecule has 2 nitrogen and oxygen atoms in total. The molecule has 1 saturated carbocycles. The largest absolute Gasteiger partial charge is 0.369 e. The molecule has 0 aromatic heterocycles. The molecule has 2 heteroatoms. The molecular formula is C14H26O2. The van der Waals surface area contributed by atoms with Gasteiger partial charge < -0.3 is 4.74 Å². The summed E-state index contributed by atoms with van der Waals surface area (Å²) in [5, 5.41) is 0. The molecule has 16 heavy (non-hydrogen) atoms. The normalized spacial score (nSPS) is 24.3. The fraction of sp³-hybridized carbons (Fsp3) is 0.929. The summed E-state index contributed by atoms with van der Waals surface area (Å²) in [6.45, 7) is 11.2. The SMILES string of the molecule is CCC(=O)COC1C(C)(C)CCCC1(C)C. The lowest BCUT2D eigenvalue weighted by Gasteiger charge is -2.48. The smallest absolute Gasteiger partial charge is 0.158 e. The summed E-state index contributed by atoms with van der Waals surface area (Å²) in [7, 11) is 0. The highest BCUT2D eigenvalue weighted by atomic mass is 16.5. The van der Waals surface area contributed by atoms with Crippen molar-refractivity contribution in [2.24, 2.45) is 10.8 Å². The van der Waals surface area contributed by atoms with Gasteiger partial charge in [-0.25, -0.2) is 0 Å². The summed E-state index contributed by atoms with van der Waals surface area (Å²) in [4.78, 5) is 11.4. The Hall–Kier alpha value is -0.370. The van der Waals surface area contributed by atoms with Crippen molar-refractivity contribution in [3.63, 3.8) is 0 Å². The lowest BCUT2D eigenvalue weighted by molar-refractivity contribution is -0.144. The van der Waals surface area contributed by atoms with E-state index in [-0.39, 0.29) is 29.3 Å². The van der Waals surface area contributed by atoms with Gasteiger partial charge in [0.15, 0.2) is 5.78 Å². The van der Waals surface area contributed by atoms with E-state index in [1.165, 1.54) is 19.3 Å². The van der Waals surface area contributed by atoms with Gasteiger partial charge in [0.25, 0.3) is 0 Å². The van der Waals surface area contributed by atoms with Gasteiger partial charge in [0, 0.05) is 6.42 Å². The number of rotatable bonds is 4. The maximum Gasteiger partial charge on any atom is 0.158 e. The van der Waals surface area contributed by atoms with Crippen LogP contribution in [0.5, 0.6) is 0 Å². The molecule has 1 aliphatic carbocycles. The minimum Gasteiger partial charge on any atom is -0.369 e. The van der Waals surface area contributed by atoms with E-state index in [1.807, 2.05) is 6.92 Å². The van der Waals surface area contributed by atoms with Gasteiger partial charge in [0.1, 0.15) is 6.61 Å². The van der Waals surface area contributed by atoms with Crippen LogP contribution in [-0.2, 0) is 9.53 Å². The summed E-state index contributed by atoms with van der Waals surface area (Å²) in [6, 6.07) is 0. The van der Waals surface area contributed by atoms with Crippen LogP contribution in [-0.4, -0.2) is 18.5 Å². The molecule has 0 radical (unpaired) electrons. The topological polar surface area (TPSA) is 26.3 Å². The summed E-state index contributed by atoms with van der Waals surface area (Å²) < 4.78 is 5.92. The first-order valence-corrected chi connectivity index (χ1v) is 6.43. The number of carbonyl (C=O) groups excluding carboxylic acids is 1. The van der Waals surface area contributed by atoms with E-state index in [9.17, 15) is 4.79 Å². The average Bonchev–Trinajstić information content (AvgIpc) is 2.14. The molecule has 94 valence electrons. The second-order valence-electron chi connectivity index (χ2n) is 6.41. The zero-order chi connectivity index (χ0) is 12.4. The third-order valence-electron chi connectivity index (χ3n) is 3.87. The Balaban J connectivity index is 2.67. The molecule has 0 spiro atoms. The minimum absolute atomic E-state index is 0.190. The second kappa shape index (κ2) is 4.87. The van der Waals surface area contributed by atoms with Crippen LogP contribution in [0.3, 0.4) is 0 Å². The summed E-state index contributed by atoms with van der Waals surface area (Å²) >= 11 is 0. The summed E-state index contributed by atoms with van der Waals surface area (Å²) in [5.41, 5.74) is 0.380. The van der Waals surface area contributed by atoms with Crippen LogP contribution in [0.25, 0.3) is 0 Å². The molecule has 0 aliphatic heterocycles. The number of ether oxygens (including phenoxy) is 1. The van der Waals surface area contributed by atoms with E-state index in [2.05, 4.69) is 27.7 Å². The van der Waals surface area contributed by atoms with Crippen molar-refractivity contribution in [3.05, 3.63) is 0 Å². The highest BCUT2D eigenvalue weighted by Crippen LogP contribution is 2.47. The Morgan fingerprint density at radius 1 is 1.19 bits per heavy atom. The molecule has 1 rings (SSSR count). The van der Waals surface area contributed by atoms with Crippen LogP contribution in [0.1, 0.15) is 60.3 Å². The number of hydrogen-bond donors (Lipinski definition) is 0. The fourth-order valence-electron chi connectivity index (χ4n) is 3.05. The van der Waals surface area contributed by atoms with E-state index in [0.717, 1.165) is 0 Å². The molecule has 0 N–H and O–H groups in total. The lowest BCUT2D eigenvalue weighted by atomic mass is 9.63. The third kappa shape index (κ3) is 3.07. The van der Waals surface area contributed by atoms with Gasteiger partial charge in [-0.3, -0.25) is 4.79 Å². The summed E-state index contributed by atoms with van der Waals surface area (Å²) in [6.07, 6.45) is 4.43. The highest BCUT2D eigenvalue weighted by Gasteiger charge is 2.44. The van der Waals surface area contributed by atoms with Gasteiger partial charge in [0.05, 0.1) is 6.10 Å². The maximum absolute atomic E-state index is 11.4. The molecule has 0 heterocycles.